The van der Waals surface area contributed by atoms with Crippen molar-refractivity contribution in [3.8, 4) is 0 Å². The standard InChI is InChI=1S/C16H14F3N3O2/c17-12-7-10(8-13(18)16(12)19)1-2-15(24)22-5-3-11(4-6-22)14(23)9-21-20/h1-2,7-9,11H,3-6H2. The molecule has 1 aliphatic rings. The molecule has 0 aliphatic carbocycles. The van der Waals surface area contributed by atoms with Gasteiger partial charge in [-0.2, -0.15) is 4.79 Å². The smallest absolute Gasteiger partial charge is 0.323 e. The second kappa shape index (κ2) is 7.70. The number of halogens is 3. The van der Waals surface area contributed by atoms with Crippen LogP contribution in [-0.4, -0.2) is 40.7 Å². The molecule has 2 rings (SSSR count). The van der Waals surface area contributed by atoms with Gasteiger partial charge in [-0.15, -0.1) is 0 Å². The van der Waals surface area contributed by atoms with Crippen LogP contribution < -0.4 is 0 Å². The SMILES string of the molecule is [N-]=[N+]=CC(=O)C1CCN(C(=O)C=Cc2cc(F)c(F)c(F)c2)CC1. The van der Waals surface area contributed by atoms with Crippen LogP contribution in [0.15, 0.2) is 18.2 Å². The van der Waals surface area contributed by atoms with Crippen LogP contribution in [-0.2, 0) is 9.59 Å². The fourth-order valence-electron chi connectivity index (χ4n) is 2.49. The maximum absolute atomic E-state index is 13.1. The molecule has 0 unspecified atom stereocenters. The average Bonchev–Trinajstić information content (AvgIpc) is 2.57. The maximum Gasteiger partial charge on any atom is 0.323 e. The molecule has 1 fully saturated rings. The number of hydrogen-bond donors (Lipinski definition) is 0. The molecule has 24 heavy (non-hydrogen) atoms. The first kappa shape index (κ1) is 17.6. The number of amides is 1. The molecule has 1 amide bonds. The molecule has 0 saturated carbocycles. The van der Waals surface area contributed by atoms with Crippen molar-refractivity contribution in [3.63, 3.8) is 0 Å². The predicted molar refractivity (Wildman–Crippen MR) is 79.3 cm³/mol. The molecule has 0 atom stereocenters. The molecule has 8 heteroatoms. The average molecular weight is 337 g/mol. The van der Waals surface area contributed by atoms with Gasteiger partial charge in [-0.1, -0.05) is 0 Å². The van der Waals surface area contributed by atoms with Crippen molar-refractivity contribution in [2.45, 2.75) is 12.8 Å². The van der Waals surface area contributed by atoms with Gasteiger partial charge in [-0.3, -0.25) is 9.59 Å². The zero-order chi connectivity index (χ0) is 17.7. The summed E-state index contributed by atoms with van der Waals surface area (Å²) in [6.07, 6.45) is 4.06. The third-order valence-corrected chi connectivity index (χ3v) is 3.82. The Labute approximate surface area is 136 Å². The van der Waals surface area contributed by atoms with Crippen LogP contribution in [0, 0.1) is 23.4 Å². The van der Waals surface area contributed by atoms with Crippen LogP contribution in [0.4, 0.5) is 13.2 Å². The number of benzene rings is 1. The Bertz CT molecular complexity index is 711. The van der Waals surface area contributed by atoms with Gasteiger partial charge in [0.2, 0.25) is 11.7 Å². The number of piperidine rings is 1. The molecule has 5 nitrogen and oxygen atoms in total. The number of hydrogen-bond acceptors (Lipinski definition) is 2. The van der Waals surface area contributed by atoms with E-state index in [9.17, 15) is 22.8 Å². The summed E-state index contributed by atoms with van der Waals surface area (Å²) in [5, 5.41) is 0. The van der Waals surface area contributed by atoms with E-state index >= 15 is 0 Å². The molecule has 1 heterocycles. The molecule has 0 N–H and O–H groups in total. The van der Waals surface area contributed by atoms with E-state index in [1.807, 2.05) is 0 Å². The highest BCUT2D eigenvalue weighted by Crippen LogP contribution is 2.18. The van der Waals surface area contributed by atoms with Crippen molar-refractivity contribution in [2.75, 3.05) is 13.1 Å². The van der Waals surface area contributed by atoms with Gasteiger partial charge < -0.3 is 10.4 Å². The van der Waals surface area contributed by atoms with Gasteiger partial charge >= 0.3 is 6.21 Å². The number of likely N-dealkylation sites (tertiary alicyclic amines) is 1. The zero-order valence-corrected chi connectivity index (χ0v) is 12.6. The van der Waals surface area contributed by atoms with E-state index in [-0.39, 0.29) is 23.2 Å². The summed E-state index contributed by atoms with van der Waals surface area (Å²) in [5.41, 5.74) is 8.37. The Morgan fingerprint density at radius 3 is 2.29 bits per heavy atom. The Morgan fingerprint density at radius 1 is 1.17 bits per heavy atom. The summed E-state index contributed by atoms with van der Waals surface area (Å²) in [6.45, 7) is 0.677. The molecule has 1 aromatic carbocycles. The van der Waals surface area contributed by atoms with E-state index in [1.165, 1.54) is 11.0 Å². The van der Waals surface area contributed by atoms with Crippen LogP contribution in [0.3, 0.4) is 0 Å². The lowest BCUT2D eigenvalue weighted by molar-refractivity contribution is -0.129. The Kier molecular flexibility index (Phi) is 5.65. The summed E-state index contributed by atoms with van der Waals surface area (Å²) in [6, 6.07) is 1.59. The van der Waals surface area contributed by atoms with Crippen LogP contribution in [0.1, 0.15) is 18.4 Å². The Balaban J connectivity index is 1.96. The molecule has 1 aliphatic heterocycles. The van der Waals surface area contributed by atoms with Crippen LogP contribution >= 0.6 is 0 Å². The van der Waals surface area contributed by atoms with Crippen LogP contribution in [0.25, 0.3) is 11.6 Å². The summed E-state index contributed by atoms with van der Waals surface area (Å²) in [7, 11) is 0. The minimum absolute atomic E-state index is 0.0315. The quantitative estimate of drug-likeness (QED) is 0.278. The molecule has 0 bridgehead atoms. The van der Waals surface area contributed by atoms with Gasteiger partial charge in [-0.25, -0.2) is 13.2 Å². The molecule has 0 aromatic heterocycles. The first-order valence-electron chi connectivity index (χ1n) is 7.25. The number of nitrogens with zero attached hydrogens (tertiary/aromatic N) is 3. The number of carbonyl (C=O) groups excluding carboxylic acids is 2. The first-order chi connectivity index (χ1) is 11.4. The van der Waals surface area contributed by atoms with E-state index < -0.39 is 17.5 Å². The van der Waals surface area contributed by atoms with Crippen LogP contribution in [0.5, 0.6) is 0 Å². The molecule has 0 spiro atoms. The molecule has 0 radical (unpaired) electrons. The summed E-state index contributed by atoms with van der Waals surface area (Å²) in [4.78, 5) is 27.8. The van der Waals surface area contributed by atoms with Crippen molar-refractivity contribution in [2.24, 2.45) is 5.92 Å². The Hall–Kier alpha value is -2.73. The normalized spacial score (nSPS) is 15.4. The molecule has 126 valence electrons. The van der Waals surface area contributed by atoms with E-state index in [0.717, 1.165) is 24.4 Å². The van der Waals surface area contributed by atoms with Crippen molar-refractivity contribution >= 4 is 24.0 Å². The van der Waals surface area contributed by atoms with Gasteiger partial charge in [0.1, 0.15) is 0 Å². The van der Waals surface area contributed by atoms with Crippen molar-refractivity contribution in [1.82, 2.24) is 4.90 Å². The minimum Gasteiger partial charge on any atom is -0.361 e. The second-order valence-electron chi connectivity index (χ2n) is 5.38. The van der Waals surface area contributed by atoms with Gasteiger partial charge in [-0.05, 0) is 36.6 Å². The zero-order valence-electron chi connectivity index (χ0n) is 12.6. The van der Waals surface area contributed by atoms with Crippen molar-refractivity contribution < 1.29 is 27.6 Å². The fourth-order valence-corrected chi connectivity index (χ4v) is 2.49. The lowest BCUT2D eigenvalue weighted by atomic mass is 9.93. The summed E-state index contributed by atoms with van der Waals surface area (Å²) in [5.74, 6) is -5.18. The number of carbonyl (C=O) groups is 2. The van der Waals surface area contributed by atoms with E-state index in [4.69, 9.17) is 5.53 Å². The Morgan fingerprint density at radius 2 is 1.75 bits per heavy atom. The lowest BCUT2D eigenvalue weighted by Crippen LogP contribution is -2.39. The molecular formula is C16H14F3N3O2. The highest BCUT2D eigenvalue weighted by molar-refractivity contribution is 6.26. The van der Waals surface area contributed by atoms with Crippen molar-refractivity contribution in [3.05, 3.63) is 46.8 Å². The highest BCUT2D eigenvalue weighted by Gasteiger charge is 2.27. The van der Waals surface area contributed by atoms with Crippen molar-refractivity contribution in [1.29, 1.82) is 0 Å². The number of ketones is 1. The first-order valence-corrected chi connectivity index (χ1v) is 7.25. The van der Waals surface area contributed by atoms with E-state index in [2.05, 4.69) is 4.79 Å². The van der Waals surface area contributed by atoms with Gasteiger partial charge in [0, 0.05) is 25.1 Å². The van der Waals surface area contributed by atoms with Gasteiger partial charge in [0.15, 0.2) is 17.5 Å². The molecule has 1 aromatic rings. The lowest BCUT2D eigenvalue weighted by Gasteiger charge is -2.29. The molecule has 1 saturated heterocycles. The fraction of sp³-hybridized carbons (Fsp3) is 0.312. The topological polar surface area (TPSA) is 73.8 Å². The van der Waals surface area contributed by atoms with Crippen LogP contribution in [0.2, 0.25) is 0 Å². The number of rotatable bonds is 4. The predicted octanol–water partition coefficient (Wildman–Crippen LogP) is 2.23. The summed E-state index contributed by atoms with van der Waals surface area (Å²) < 4.78 is 39.0. The number of Topliss-reactive ketones (excluding diaryl/α,β-unsaturated/α-hetero) is 1. The van der Waals surface area contributed by atoms with Gasteiger partial charge in [0.05, 0.1) is 0 Å². The third kappa shape index (κ3) is 4.17. The minimum atomic E-state index is -1.56. The second-order valence-corrected chi connectivity index (χ2v) is 5.38. The molecular weight excluding hydrogens is 323 g/mol. The third-order valence-electron chi connectivity index (χ3n) is 3.82. The highest BCUT2D eigenvalue weighted by atomic mass is 19.2. The monoisotopic (exact) mass is 337 g/mol. The van der Waals surface area contributed by atoms with Gasteiger partial charge in [0.25, 0.3) is 0 Å². The van der Waals surface area contributed by atoms with E-state index in [0.29, 0.717) is 25.9 Å². The maximum atomic E-state index is 13.1. The largest absolute Gasteiger partial charge is 0.361 e. The summed E-state index contributed by atoms with van der Waals surface area (Å²) >= 11 is 0. The van der Waals surface area contributed by atoms with E-state index in [1.54, 1.807) is 0 Å².